The van der Waals surface area contributed by atoms with Gasteiger partial charge in [-0.15, -0.1) is 0 Å². The number of carbonyl (C=O) groups is 1. The van der Waals surface area contributed by atoms with Gasteiger partial charge in [-0.25, -0.2) is 4.79 Å². The molecule has 0 spiro atoms. The summed E-state index contributed by atoms with van der Waals surface area (Å²) in [5, 5.41) is 9.99. The van der Waals surface area contributed by atoms with Crippen molar-refractivity contribution in [3.05, 3.63) is 56.5 Å². The zero-order valence-electron chi connectivity index (χ0n) is 9.36. The van der Waals surface area contributed by atoms with Crippen molar-refractivity contribution in [3.8, 4) is 11.5 Å². The van der Waals surface area contributed by atoms with Gasteiger partial charge in [0.15, 0.2) is 0 Å². The zero-order valence-corrected chi connectivity index (χ0v) is 12.5. The van der Waals surface area contributed by atoms with Crippen molar-refractivity contribution in [1.29, 1.82) is 0 Å². The van der Waals surface area contributed by atoms with E-state index in [0.717, 1.165) is 0 Å². The molecule has 3 nitrogen and oxygen atoms in total. The molecule has 0 unspecified atom stereocenters. The SMILES string of the molecule is O=C(O)c1cc(Cl)ccc1Oc1ccc(Cl)cc1Br. The lowest BCUT2D eigenvalue weighted by Gasteiger charge is -2.10. The first-order chi connectivity index (χ1) is 8.97. The molecule has 0 atom stereocenters. The summed E-state index contributed by atoms with van der Waals surface area (Å²) < 4.78 is 6.20. The fraction of sp³-hybridized carbons (Fsp3) is 0. The van der Waals surface area contributed by atoms with Crippen molar-refractivity contribution in [1.82, 2.24) is 0 Å². The van der Waals surface area contributed by atoms with Crippen LogP contribution in [-0.4, -0.2) is 11.1 Å². The molecule has 1 N–H and O–H groups in total. The first-order valence-electron chi connectivity index (χ1n) is 5.13. The molecule has 19 heavy (non-hydrogen) atoms. The van der Waals surface area contributed by atoms with Crippen LogP contribution >= 0.6 is 39.1 Å². The van der Waals surface area contributed by atoms with Crippen molar-refractivity contribution < 1.29 is 14.6 Å². The van der Waals surface area contributed by atoms with E-state index in [1.165, 1.54) is 12.1 Å². The topological polar surface area (TPSA) is 46.5 Å². The highest BCUT2D eigenvalue weighted by molar-refractivity contribution is 9.10. The smallest absolute Gasteiger partial charge is 0.339 e. The molecule has 0 saturated heterocycles. The third-order valence-corrected chi connectivity index (χ3v) is 3.38. The van der Waals surface area contributed by atoms with Gasteiger partial charge >= 0.3 is 5.97 Å². The number of benzene rings is 2. The summed E-state index contributed by atoms with van der Waals surface area (Å²) in [5.41, 5.74) is -0.00523. The molecule has 0 amide bonds. The minimum atomic E-state index is -1.11. The molecule has 0 aliphatic rings. The lowest BCUT2D eigenvalue weighted by Crippen LogP contribution is -2.00. The molecule has 6 heteroatoms. The van der Waals surface area contributed by atoms with E-state index in [0.29, 0.717) is 20.3 Å². The Labute approximate surface area is 127 Å². The van der Waals surface area contributed by atoms with Crippen molar-refractivity contribution in [2.75, 3.05) is 0 Å². The fourth-order valence-electron chi connectivity index (χ4n) is 1.43. The van der Waals surface area contributed by atoms with E-state index < -0.39 is 5.97 Å². The van der Waals surface area contributed by atoms with E-state index in [1.54, 1.807) is 24.3 Å². The molecule has 2 rings (SSSR count). The predicted molar refractivity (Wildman–Crippen MR) is 77.6 cm³/mol. The molecule has 2 aromatic rings. The molecule has 0 bridgehead atoms. The van der Waals surface area contributed by atoms with Gasteiger partial charge in [-0.05, 0) is 52.3 Å². The lowest BCUT2D eigenvalue weighted by molar-refractivity contribution is 0.0694. The minimum absolute atomic E-state index is 0.00523. The molecule has 98 valence electrons. The Hall–Kier alpha value is -1.23. The minimum Gasteiger partial charge on any atom is -0.478 e. The van der Waals surface area contributed by atoms with Crippen molar-refractivity contribution in [3.63, 3.8) is 0 Å². The molecule has 0 aromatic heterocycles. The number of hydrogen-bond acceptors (Lipinski definition) is 2. The van der Waals surface area contributed by atoms with Gasteiger partial charge in [0.1, 0.15) is 17.1 Å². The van der Waals surface area contributed by atoms with Crippen LogP contribution in [0.1, 0.15) is 10.4 Å². The molecule has 2 aromatic carbocycles. The Kier molecular flexibility index (Phi) is 4.34. The summed E-state index contributed by atoms with van der Waals surface area (Å²) >= 11 is 14.9. The van der Waals surface area contributed by atoms with Crippen LogP contribution in [0.25, 0.3) is 0 Å². The Balaban J connectivity index is 2.40. The monoisotopic (exact) mass is 360 g/mol. The first kappa shape index (κ1) is 14.2. The highest BCUT2D eigenvalue weighted by Crippen LogP contribution is 2.34. The molecule has 0 saturated carbocycles. The van der Waals surface area contributed by atoms with Crippen LogP contribution in [0.5, 0.6) is 11.5 Å². The largest absolute Gasteiger partial charge is 0.478 e. The van der Waals surface area contributed by atoms with Gasteiger partial charge in [-0.1, -0.05) is 23.2 Å². The van der Waals surface area contributed by atoms with Gasteiger partial charge in [-0.2, -0.15) is 0 Å². The maximum absolute atomic E-state index is 11.1. The van der Waals surface area contributed by atoms with Crippen LogP contribution in [0.2, 0.25) is 10.0 Å². The maximum Gasteiger partial charge on any atom is 0.339 e. The van der Waals surface area contributed by atoms with E-state index in [4.69, 9.17) is 33.0 Å². The number of carboxylic acid groups (broad SMARTS) is 1. The normalized spacial score (nSPS) is 10.3. The second-order valence-corrected chi connectivity index (χ2v) is 5.35. The summed E-state index contributed by atoms with van der Waals surface area (Å²) in [6.45, 7) is 0. The van der Waals surface area contributed by atoms with E-state index in [-0.39, 0.29) is 11.3 Å². The fourth-order valence-corrected chi connectivity index (χ4v) is 2.37. The Morgan fingerprint density at radius 3 is 2.21 bits per heavy atom. The first-order valence-corrected chi connectivity index (χ1v) is 6.68. The number of ether oxygens (including phenoxy) is 1. The van der Waals surface area contributed by atoms with E-state index in [1.807, 2.05) is 0 Å². The van der Waals surface area contributed by atoms with Crippen molar-refractivity contribution in [2.24, 2.45) is 0 Å². The van der Waals surface area contributed by atoms with Crippen LogP contribution in [0.3, 0.4) is 0 Å². The lowest BCUT2D eigenvalue weighted by atomic mass is 10.2. The van der Waals surface area contributed by atoms with Gasteiger partial charge in [0.2, 0.25) is 0 Å². The molecular formula is C13H7BrCl2O3. The van der Waals surface area contributed by atoms with Crippen LogP contribution in [-0.2, 0) is 0 Å². The van der Waals surface area contributed by atoms with E-state index in [9.17, 15) is 4.79 Å². The average molecular weight is 362 g/mol. The quantitative estimate of drug-likeness (QED) is 0.812. The Morgan fingerprint density at radius 1 is 1.05 bits per heavy atom. The van der Waals surface area contributed by atoms with E-state index >= 15 is 0 Å². The number of halogens is 3. The van der Waals surface area contributed by atoms with Gasteiger partial charge in [0.25, 0.3) is 0 Å². The average Bonchev–Trinajstić information content (AvgIpc) is 2.34. The van der Waals surface area contributed by atoms with Crippen molar-refractivity contribution >= 4 is 45.1 Å². The van der Waals surface area contributed by atoms with Crippen molar-refractivity contribution in [2.45, 2.75) is 0 Å². The van der Waals surface area contributed by atoms with Gasteiger partial charge in [-0.3, -0.25) is 0 Å². The zero-order chi connectivity index (χ0) is 14.0. The molecular weight excluding hydrogens is 355 g/mol. The Morgan fingerprint density at radius 2 is 1.63 bits per heavy atom. The maximum atomic E-state index is 11.1. The predicted octanol–water partition coefficient (Wildman–Crippen LogP) is 5.25. The molecule has 0 radical (unpaired) electrons. The van der Waals surface area contributed by atoms with Gasteiger partial charge < -0.3 is 9.84 Å². The summed E-state index contributed by atoms with van der Waals surface area (Å²) in [5.74, 6) is -0.434. The molecule has 0 fully saturated rings. The van der Waals surface area contributed by atoms with Gasteiger partial charge in [0.05, 0.1) is 4.47 Å². The number of aromatic carboxylic acids is 1. The summed E-state index contributed by atoms with van der Waals surface area (Å²) in [6, 6.07) is 9.36. The second kappa shape index (κ2) is 5.82. The molecule has 0 heterocycles. The van der Waals surface area contributed by atoms with Crippen LogP contribution < -0.4 is 4.74 Å². The number of rotatable bonds is 3. The number of hydrogen-bond donors (Lipinski definition) is 1. The van der Waals surface area contributed by atoms with Crippen LogP contribution in [0.15, 0.2) is 40.9 Å². The summed E-state index contributed by atoms with van der Waals surface area (Å²) in [4.78, 5) is 11.1. The van der Waals surface area contributed by atoms with Gasteiger partial charge in [0, 0.05) is 10.0 Å². The molecule has 0 aliphatic carbocycles. The highest BCUT2D eigenvalue weighted by Gasteiger charge is 2.14. The van der Waals surface area contributed by atoms with Crippen LogP contribution in [0.4, 0.5) is 0 Å². The summed E-state index contributed by atoms with van der Waals surface area (Å²) in [7, 11) is 0. The third-order valence-electron chi connectivity index (χ3n) is 2.29. The van der Waals surface area contributed by atoms with Crippen LogP contribution in [0, 0.1) is 0 Å². The second-order valence-electron chi connectivity index (χ2n) is 3.62. The Bertz CT molecular complexity index is 644. The molecule has 0 aliphatic heterocycles. The standard InChI is InChI=1S/C13H7BrCl2O3/c14-10-6-8(16)2-4-12(10)19-11-3-1-7(15)5-9(11)13(17)18/h1-6H,(H,17,18). The number of carboxylic acids is 1. The summed E-state index contributed by atoms with van der Waals surface area (Å²) in [6.07, 6.45) is 0. The highest BCUT2D eigenvalue weighted by atomic mass is 79.9. The van der Waals surface area contributed by atoms with E-state index in [2.05, 4.69) is 15.9 Å². The third kappa shape index (κ3) is 3.41.